The van der Waals surface area contributed by atoms with Crippen LogP contribution in [0.15, 0.2) is 4.99 Å². The van der Waals surface area contributed by atoms with Crippen LogP contribution in [0.1, 0.15) is 66.2 Å². The first-order valence-electron chi connectivity index (χ1n) is 6.16. The van der Waals surface area contributed by atoms with Gasteiger partial charge in [-0.3, -0.25) is 4.99 Å². The number of aliphatic imine (C=N–C) groups is 1. The van der Waals surface area contributed by atoms with Crippen LogP contribution >= 0.6 is 0 Å². The first-order chi connectivity index (χ1) is 6.66. The molecule has 0 heterocycles. The molecule has 0 aromatic heterocycles. The van der Waals surface area contributed by atoms with Crippen LogP contribution in [0, 0.1) is 5.92 Å². The molecule has 0 aliphatic rings. The monoisotopic (exact) mass is 197 g/mol. The second-order valence-electron chi connectivity index (χ2n) is 4.57. The molecule has 0 aromatic rings. The van der Waals surface area contributed by atoms with E-state index in [2.05, 4.69) is 32.7 Å². The zero-order valence-corrected chi connectivity index (χ0v) is 10.5. The van der Waals surface area contributed by atoms with Gasteiger partial charge in [0.2, 0.25) is 0 Å². The quantitative estimate of drug-likeness (QED) is 0.402. The largest absolute Gasteiger partial charge is 0.294 e. The van der Waals surface area contributed by atoms with Crippen molar-refractivity contribution in [2.45, 2.75) is 66.2 Å². The molecular weight excluding hydrogens is 170 g/mol. The molecule has 0 radical (unpaired) electrons. The normalized spacial score (nSPS) is 12.5. The molecule has 0 saturated heterocycles. The minimum absolute atomic E-state index is 0.871. The van der Waals surface area contributed by atoms with Crippen molar-refractivity contribution >= 4 is 5.71 Å². The maximum atomic E-state index is 4.49. The molecule has 0 N–H and O–H groups in total. The van der Waals surface area contributed by atoms with E-state index in [0.717, 1.165) is 18.9 Å². The molecule has 0 saturated carbocycles. The summed E-state index contributed by atoms with van der Waals surface area (Å²) in [5.41, 5.74) is 1.30. The number of nitrogens with zero attached hydrogens (tertiary/aromatic N) is 1. The van der Waals surface area contributed by atoms with Crippen molar-refractivity contribution in [3.63, 3.8) is 0 Å². The van der Waals surface area contributed by atoms with Gasteiger partial charge in [-0.15, -0.1) is 0 Å². The Kier molecular flexibility index (Phi) is 9.02. The summed E-state index contributed by atoms with van der Waals surface area (Å²) in [4.78, 5) is 4.49. The van der Waals surface area contributed by atoms with Crippen LogP contribution in [0.3, 0.4) is 0 Å². The van der Waals surface area contributed by atoms with Crippen molar-refractivity contribution in [1.29, 1.82) is 0 Å². The first kappa shape index (κ1) is 13.7. The number of hydrogen-bond acceptors (Lipinski definition) is 1. The van der Waals surface area contributed by atoms with Crippen molar-refractivity contribution < 1.29 is 0 Å². The van der Waals surface area contributed by atoms with Crippen LogP contribution < -0.4 is 0 Å². The van der Waals surface area contributed by atoms with Gasteiger partial charge in [0.25, 0.3) is 0 Å². The molecule has 0 rings (SSSR count). The predicted octanol–water partition coefficient (Wildman–Crippen LogP) is 4.46. The van der Waals surface area contributed by atoms with Crippen molar-refractivity contribution in [2.24, 2.45) is 10.9 Å². The van der Waals surface area contributed by atoms with E-state index in [-0.39, 0.29) is 0 Å². The fourth-order valence-corrected chi connectivity index (χ4v) is 1.40. The average molecular weight is 197 g/mol. The van der Waals surface area contributed by atoms with Crippen LogP contribution in [0.25, 0.3) is 0 Å². The molecule has 0 atom stereocenters. The van der Waals surface area contributed by atoms with E-state index in [1.54, 1.807) is 0 Å². The van der Waals surface area contributed by atoms with Crippen molar-refractivity contribution in [2.75, 3.05) is 6.54 Å². The van der Waals surface area contributed by atoms with Gasteiger partial charge in [-0.2, -0.15) is 0 Å². The van der Waals surface area contributed by atoms with Crippen LogP contribution in [0.5, 0.6) is 0 Å². The van der Waals surface area contributed by atoms with Gasteiger partial charge in [0.1, 0.15) is 0 Å². The third kappa shape index (κ3) is 9.76. The summed E-state index contributed by atoms with van der Waals surface area (Å²) in [5.74, 6) is 0.871. The van der Waals surface area contributed by atoms with E-state index in [9.17, 15) is 0 Å². The average Bonchev–Trinajstić information content (AvgIpc) is 2.15. The topological polar surface area (TPSA) is 12.4 Å². The summed E-state index contributed by atoms with van der Waals surface area (Å²) < 4.78 is 0. The van der Waals surface area contributed by atoms with Gasteiger partial charge in [0.05, 0.1) is 0 Å². The fourth-order valence-electron chi connectivity index (χ4n) is 1.40. The summed E-state index contributed by atoms with van der Waals surface area (Å²) in [7, 11) is 0. The molecule has 1 heteroatoms. The Labute approximate surface area is 90.0 Å². The van der Waals surface area contributed by atoms with Crippen LogP contribution in [-0.2, 0) is 0 Å². The second kappa shape index (κ2) is 9.23. The summed E-state index contributed by atoms with van der Waals surface area (Å²) in [5, 5.41) is 0. The lowest BCUT2D eigenvalue weighted by molar-refractivity contribution is 0.521. The van der Waals surface area contributed by atoms with Crippen molar-refractivity contribution in [3.8, 4) is 0 Å². The molecule has 1 nitrogen and oxygen atoms in total. The van der Waals surface area contributed by atoms with Crippen LogP contribution in [-0.4, -0.2) is 12.3 Å². The smallest absolute Gasteiger partial charge is 0.0388 e. The third-order valence-electron chi connectivity index (χ3n) is 2.58. The highest BCUT2D eigenvalue weighted by atomic mass is 14.7. The lowest BCUT2D eigenvalue weighted by Gasteiger charge is -2.03. The predicted molar refractivity (Wildman–Crippen MR) is 66.2 cm³/mol. The van der Waals surface area contributed by atoms with E-state index in [4.69, 9.17) is 0 Å². The fraction of sp³-hybridized carbons (Fsp3) is 0.923. The number of hydrogen-bond donors (Lipinski definition) is 0. The Morgan fingerprint density at radius 3 is 2.29 bits per heavy atom. The van der Waals surface area contributed by atoms with E-state index in [0.29, 0.717) is 0 Å². The van der Waals surface area contributed by atoms with Gasteiger partial charge in [-0.25, -0.2) is 0 Å². The highest BCUT2D eigenvalue weighted by molar-refractivity contribution is 5.81. The zero-order valence-electron chi connectivity index (χ0n) is 10.5. The molecule has 0 amide bonds. The maximum absolute atomic E-state index is 4.49. The molecule has 14 heavy (non-hydrogen) atoms. The molecule has 0 spiro atoms. The lowest BCUT2D eigenvalue weighted by Crippen LogP contribution is -1.92. The molecule has 84 valence electrons. The lowest BCUT2D eigenvalue weighted by atomic mass is 10.0. The van der Waals surface area contributed by atoms with E-state index < -0.39 is 0 Å². The zero-order chi connectivity index (χ0) is 10.8. The van der Waals surface area contributed by atoms with E-state index in [1.807, 2.05) is 0 Å². The summed E-state index contributed by atoms with van der Waals surface area (Å²) in [6, 6.07) is 0. The Bertz CT molecular complexity index is 147. The van der Waals surface area contributed by atoms with Gasteiger partial charge in [-0.05, 0) is 25.7 Å². The standard InChI is InChI=1S/C13H27N/c1-5-13(4)14-11-9-7-6-8-10-12(2)3/h12H,5-11H2,1-4H3. The Balaban J connectivity index is 3.14. The minimum Gasteiger partial charge on any atom is -0.294 e. The summed E-state index contributed by atoms with van der Waals surface area (Å²) >= 11 is 0. The summed E-state index contributed by atoms with van der Waals surface area (Å²) in [6.45, 7) is 9.94. The Morgan fingerprint density at radius 2 is 1.71 bits per heavy atom. The van der Waals surface area contributed by atoms with E-state index >= 15 is 0 Å². The molecule has 0 aliphatic heterocycles. The molecular formula is C13H27N. The van der Waals surface area contributed by atoms with Gasteiger partial charge >= 0.3 is 0 Å². The van der Waals surface area contributed by atoms with Crippen molar-refractivity contribution in [1.82, 2.24) is 0 Å². The third-order valence-corrected chi connectivity index (χ3v) is 2.58. The molecule has 0 fully saturated rings. The van der Waals surface area contributed by atoms with Gasteiger partial charge in [0, 0.05) is 12.3 Å². The van der Waals surface area contributed by atoms with Gasteiger partial charge in [0.15, 0.2) is 0 Å². The highest BCUT2D eigenvalue weighted by Crippen LogP contribution is 2.09. The first-order valence-corrected chi connectivity index (χ1v) is 6.16. The molecule has 0 unspecified atom stereocenters. The molecule has 0 bridgehead atoms. The van der Waals surface area contributed by atoms with Crippen LogP contribution in [0.4, 0.5) is 0 Å². The number of unbranched alkanes of at least 4 members (excludes halogenated alkanes) is 3. The highest BCUT2D eigenvalue weighted by Gasteiger charge is 1.94. The Hall–Kier alpha value is -0.330. The molecule has 0 aliphatic carbocycles. The van der Waals surface area contributed by atoms with Gasteiger partial charge < -0.3 is 0 Å². The Morgan fingerprint density at radius 1 is 1.07 bits per heavy atom. The van der Waals surface area contributed by atoms with E-state index in [1.165, 1.54) is 37.8 Å². The minimum atomic E-state index is 0.871. The molecule has 0 aromatic carbocycles. The van der Waals surface area contributed by atoms with Gasteiger partial charge in [-0.1, -0.05) is 46.5 Å². The summed E-state index contributed by atoms with van der Waals surface area (Å²) in [6.07, 6.45) is 7.90. The van der Waals surface area contributed by atoms with Crippen molar-refractivity contribution in [3.05, 3.63) is 0 Å². The maximum Gasteiger partial charge on any atom is 0.0388 e. The second-order valence-corrected chi connectivity index (χ2v) is 4.57. The van der Waals surface area contributed by atoms with Crippen LogP contribution in [0.2, 0.25) is 0 Å². The SMILES string of the molecule is CCC(C)=NCCCCCCC(C)C. The number of rotatable bonds is 8.